The van der Waals surface area contributed by atoms with Crippen LogP contribution in [-0.4, -0.2) is 24.5 Å². The van der Waals surface area contributed by atoms with Crippen molar-refractivity contribution in [1.82, 2.24) is 5.32 Å². The van der Waals surface area contributed by atoms with Crippen molar-refractivity contribution in [2.45, 2.75) is 38.6 Å². The van der Waals surface area contributed by atoms with Crippen molar-refractivity contribution in [3.63, 3.8) is 0 Å². The van der Waals surface area contributed by atoms with Crippen molar-refractivity contribution < 1.29 is 14.3 Å². The summed E-state index contributed by atoms with van der Waals surface area (Å²) in [4.78, 5) is 24.8. The molecule has 1 aliphatic carbocycles. The van der Waals surface area contributed by atoms with Crippen molar-refractivity contribution in [2.24, 2.45) is 5.92 Å². The highest BCUT2D eigenvalue weighted by Crippen LogP contribution is 2.26. The van der Waals surface area contributed by atoms with E-state index in [2.05, 4.69) is 5.32 Å². The van der Waals surface area contributed by atoms with Crippen LogP contribution < -0.4 is 5.32 Å². The number of hydrogen-bond acceptors (Lipinski definition) is 3. The quantitative estimate of drug-likeness (QED) is 0.821. The lowest BCUT2D eigenvalue weighted by Crippen LogP contribution is -2.45. The maximum Gasteiger partial charge on any atom is 0.311 e. The second kappa shape index (κ2) is 8.65. The van der Waals surface area contributed by atoms with Crippen molar-refractivity contribution in [3.8, 4) is 11.1 Å². The number of rotatable bonds is 5. The third kappa shape index (κ3) is 4.31. The van der Waals surface area contributed by atoms with E-state index in [1.54, 1.807) is 0 Å². The fraction of sp³-hybridized carbons (Fsp3) is 0.364. The van der Waals surface area contributed by atoms with E-state index in [1.165, 1.54) is 0 Å². The van der Waals surface area contributed by atoms with Gasteiger partial charge in [-0.3, -0.25) is 9.59 Å². The molecule has 4 heteroatoms. The smallest absolute Gasteiger partial charge is 0.311 e. The summed E-state index contributed by atoms with van der Waals surface area (Å²) >= 11 is 0. The molecule has 1 amide bonds. The lowest BCUT2D eigenvalue weighted by Gasteiger charge is -2.30. The van der Waals surface area contributed by atoms with Gasteiger partial charge in [0.25, 0.3) is 5.91 Å². The van der Waals surface area contributed by atoms with E-state index in [4.69, 9.17) is 4.74 Å². The van der Waals surface area contributed by atoms with Crippen LogP contribution in [0.15, 0.2) is 54.6 Å². The molecule has 1 aliphatic rings. The fourth-order valence-corrected chi connectivity index (χ4v) is 3.53. The maximum absolute atomic E-state index is 12.6. The Morgan fingerprint density at radius 1 is 0.962 bits per heavy atom. The minimum absolute atomic E-state index is 0.134. The van der Waals surface area contributed by atoms with E-state index in [0.717, 1.165) is 36.8 Å². The molecule has 0 bridgehead atoms. The van der Waals surface area contributed by atoms with Crippen LogP contribution in [-0.2, 0) is 9.53 Å². The Bertz CT molecular complexity index is 740. The second-order valence-corrected chi connectivity index (χ2v) is 6.67. The summed E-state index contributed by atoms with van der Waals surface area (Å²) in [5, 5.41) is 3.04. The number of amides is 1. The molecule has 0 aromatic heterocycles. The van der Waals surface area contributed by atoms with E-state index in [-0.39, 0.29) is 23.8 Å². The van der Waals surface area contributed by atoms with Gasteiger partial charge in [0.15, 0.2) is 0 Å². The van der Waals surface area contributed by atoms with Gasteiger partial charge in [-0.25, -0.2) is 0 Å². The number of carbonyl (C=O) groups excluding carboxylic acids is 2. The highest BCUT2D eigenvalue weighted by atomic mass is 16.5. The first-order valence-electron chi connectivity index (χ1n) is 9.32. The number of ether oxygens (including phenoxy) is 1. The largest absolute Gasteiger partial charge is 0.466 e. The molecule has 0 heterocycles. The Balaban J connectivity index is 1.67. The lowest BCUT2D eigenvalue weighted by molar-refractivity contribution is -0.150. The molecule has 2 aromatic rings. The van der Waals surface area contributed by atoms with Gasteiger partial charge in [-0.1, -0.05) is 55.3 Å². The van der Waals surface area contributed by atoms with Gasteiger partial charge in [-0.2, -0.15) is 0 Å². The zero-order chi connectivity index (χ0) is 18.4. The minimum atomic E-state index is -0.240. The van der Waals surface area contributed by atoms with Gasteiger partial charge in [-0.15, -0.1) is 0 Å². The molecular weight excluding hydrogens is 326 g/mol. The summed E-state index contributed by atoms with van der Waals surface area (Å²) in [6, 6.07) is 17.5. The maximum atomic E-state index is 12.6. The van der Waals surface area contributed by atoms with E-state index >= 15 is 0 Å². The molecule has 0 unspecified atom stereocenters. The lowest BCUT2D eigenvalue weighted by atomic mass is 9.84. The molecule has 2 atom stereocenters. The predicted molar refractivity (Wildman–Crippen MR) is 102 cm³/mol. The van der Waals surface area contributed by atoms with E-state index in [9.17, 15) is 9.59 Å². The van der Waals surface area contributed by atoms with Crippen LogP contribution in [0.4, 0.5) is 0 Å². The molecular formula is C22H25NO3. The van der Waals surface area contributed by atoms with Gasteiger partial charge in [0.05, 0.1) is 12.5 Å². The molecule has 26 heavy (non-hydrogen) atoms. The van der Waals surface area contributed by atoms with Gasteiger partial charge in [0.2, 0.25) is 0 Å². The summed E-state index contributed by atoms with van der Waals surface area (Å²) < 4.78 is 5.17. The van der Waals surface area contributed by atoms with Crippen molar-refractivity contribution >= 4 is 11.9 Å². The zero-order valence-electron chi connectivity index (χ0n) is 15.1. The zero-order valence-corrected chi connectivity index (χ0v) is 15.1. The first-order valence-corrected chi connectivity index (χ1v) is 9.32. The van der Waals surface area contributed by atoms with Crippen LogP contribution >= 0.6 is 0 Å². The van der Waals surface area contributed by atoms with Crippen molar-refractivity contribution in [1.29, 1.82) is 0 Å². The van der Waals surface area contributed by atoms with Crippen molar-refractivity contribution in [2.75, 3.05) is 6.61 Å². The molecule has 1 fully saturated rings. The summed E-state index contributed by atoms with van der Waals surface area (Å²) in [6.45, 7) is 2.18. The number of nitrogens with one attached hydrogen (secondary N) is 1. The fourth-order valence-electron chi connectivity index (χ4n) is 3.53. The summed E-state index contributed by atoms with van der Waals surface area (Å²) in [5.74, 6) is -0.570. The average molecular weight is 351 g/mol. The average Bonchev–Trinajstić information content (AvgIpc) is 2.69. The summed E-state index contributed by atoms with van der Waals surface area (Å²) in [7, 11) is 0. The first kappa shape index (κ1) is 18.2. The van der Waals surface area contributed by atoms with Gasteiger partial charge >= 0.3 is 5.97 Å². The van der Waals surface area contributed by atoms with Crippen LogP contribution in [0.2, 0.25) is 0 Å². The molecule has 136 valence electrons. The van der Waals surface area contributed by atoms with Crippen LogP contribution in [0.5, 0.6) is 0 Å². The molecule has 1 saturated carbocycles. The highest BCUT2D eigenvalue weighted by Gasteiger charge is 2.33. The predicted octanol–water partition coefficient (Wildman–Crippen LogP) is 4.21. The molecule has 0 spiro atoms. The summed E-state index contributed by atoms with van der Waals surface area (Å²) in [5.41, 5.74) is 2.80. The van der Waals surface area contributed by atoms with E-state index in [1.807, 2.05) is 61.5 Å². The van der Waals surface area contributed by atoms with E-state index in [0.29, 0.717) is 12.2 Å². The SMILES string of the molecule is CCOC(=O)[C@@H]1CCCC[C@@H]1NC(=O)c1ccc(-c2ccccc2)cc1. The van der Waals surface area contributed by atoms with Crippen LogP contribution in [0.25, 0.3) is 11.1 Å². The topological polar surface area (TPSA) is 55.4 Å². The van der Waals surface area contributed by atoms with Crippen LogP contribution in [0.3, 0.4) is 0 Å². The number of hydrogen-bond donors (Lipinski definition) is 1. The molecule has 0 saturated heterocycles. The normalized spacial score (nSPS) is 19.6. The second-order valence-electron chi connectivity index (χ2n) is 6.67. The van der Waals surface area contributed by atoms with Crippen LogP contribution in [0.1, 0.15) is 43.0 Å². The first-order chi connectivity index (χ1) is 12.7. The summed E-state index contributed by atoms with van der Waals surface area (Å²) in [6.07, 6.45) is 3.61. The third-order valence-electron chi connectivity index (χ3n) is 4.93. The Morgan fingerprint density at radius 3 is 2.31 bits per heavy atom. The molecule has 3 rings (SSSR count). The molecule has 0 radical (unpaired) electrons. The Hall–Kier alpha value is -2.62. The standard InChI is InChI=1S/C22H25NO3/c1-2-26-22(25)19-10-6-7-11-20(19)23-21(24)18-14-12-17(13-15-18)16-8-4-3-5-9-16/h3-5,8-9,12-15,19-20H,2,6-7,10-11H2,1H3,(H,23,24)/t19-,20+/m1/s1. The number of carbonyl (C=O) groups is 2. The van der Waals surface area contributed by atoms with Crippen LogP contribution in [0, 0.1) is 5.92 Å². The molecule has 1 N–H and O–H groups in total. The molecule has 2 aromatic carbocycles. The Kier molecular flexibility index (Phi) is 6.05. The molecule has 4 nitrogen and oxygen atoms in total. The van der Waals surface area contributed by atoms with Crippen molar-refractivity contribution in [3.05, 3.63) is 60.2 Å². The van der Waals surface area contributed by atoms with Gasteiger partial charge in [0.1, 0.15) is 0 Å². The number of benzene rings is 2. The highest BCUT2D eigenvalue weighted by molar-refractivity contribution is 5.95. The molecule has 0 aliphatic heterocycles. The van der Waals surface area contributed by atoms with E-state index < -0.39 is 0 Å². The van der Waals surface area contributed by atoms with Gasteiger partial charge in [-0.05, 0) is 43.0 Å². The number of esters is 1. The van der Waals surface area contributed by atoms with Gasteiger partial charge < -0.3 is 10.1 Å². The third-order valence-corrected chi connectivity index (χ3v) is 4.93. The monoisotopic (exact) mass is 351 g/mol. The Morgan fingerprint density at radius 2 is 1.62 bits per heavy atom. The minimum Gasteiger partial charge on any atom is -0.466 e. The Labute approximate surface area is 154 Å². The van der Waals surface area contributed by atoms with Gasteiger partial charge in [0, 0.05) is 11.6 Å².